The Morgan fingerprint density at radius 2 is 1.60 bits per heavy atom. The third-order valence-corrected chi connectivity index (χ3v) is 9.76. The van der Waals surface area contributed by atoms with E-state index in [0.717, 1.165) is 36.2 Å². The second-order valence-electron chi connectivity index (χ2n) is 9.82. The fourth-order valence-electron chi connectivity index (χ4n) is 8.06. The summed E-state index contributed by atoms with van der Waals surface area (Å²) in [6.45, 7) is 10.3. The first kappa shape index (κ1) is 20.4. The summed E-state index contributed by atoms with van der Waals surface area (Å²) in [5.41, 5.74) is 1.33. The zero-order chi connectivity index (χ0) is 18.1. The van der Waals surface area contributed by atoms with Crippen molar-refractivity contribution in [2.45, 2.75) is 98.3 Å². The van der Waals surface area contributed by atoms with Crippen LogP contribution in [0.1, 0.15) is 98.3 Å². The Morgan fingerprint density at radius 1 is 0.840 bits per heavy atom. The standard InChI is InChI=1S/C21H35IO.C2H6/c1-20-12-4-3-5-15(20)6-8-17-18-9-7-16(11-14-23-22)21(18,2)13-10-19(17)20;1-2/h15-19H,3-14H2,1-2H3;1-2H3/t15?,16-,17?,18?,19?,20?,21?;/m1./s1. The lowest BCUT2D eigenvalue weighted by molar-refractivity contribution is -0.111. The van der Waals surface area contributed by atoms with Crippen LogP contribution in [-0.2, 0) is 3.07 Å². The predicted molar refractivity (Wildman–Crippen MR) is 116 cm³/mol. The molecule has 0 radical (unpaired) electrons. The van der Waals surface area contributed by atoms with Gasteiger partial charge in [-0.2, -0.15) is 0 Å². The molecule has 146 valence electrons. The summed E-state index contributed by atoms with van der Waals surface area (Å²) in [5, 5.41) is 0. The van der Waals surface area contributed by atoms with E-state index in [4.69, 9.17) is 3.07 Å². The third-order valence-electron chi connectivity index (χ3n) is 9.32. The molecule has 4 saturated carbocycles. The molecule has 0 bridgehead atoms. The minimum absolute atomic E-state index is 0.633. The van der Waals surface area contributed by atoms with E-state index >= 15 is 0 Å². The predicted octanol–water partition coefficient (Wildman–Crippen LogP) is 7.82. The molecule has 25 heavy (non-hydrogen) atoms. The Bertz CT molecular complexity index is 438. The molecule has 2 heteroatoms. The molecule has 0 spiro atoms. The summed E-state index contributed by atoms with van der Waals surface area (Å²) >= 11 is 2.08. The van der Waals surface area contributed by atoms with Crippen molar-refractivity contribution in [3.05, 3.63) is 0 Å². The Kier molecular flexibility index (Phi) is 6.84. The highest BCUT2D eigenvalue weighted by atomic mass is 127. The van der Waals surface area contributed by atoms with Gasteiger partial charge in [0.05, 0.1) is 6.61 Å². The summed E-state index contributed by atoms with van der Waals surface area (Å²) in [6, 6.07) is 0. The number of hydrogen-bond donors (Lipinski definition) is 0. The minimum atomic E-state index is 0.633. The van der Waals surface area contributed by atoms with E-state index in [1.807, 2.05) is 13.8 Å². The first-order valence-electron chi connectivity index (χ1n) is 11.3. The van der Waals surface area contributed by atoms with E-state index in [2.05, 4.69) is 36.9 Å². The monoisotopic (exact) mass is 460 g/mol. The average Bonchev–Trinajstić information content (AvgIpc) is 2.97. The van der Waals surface area contributed by atoms with Gasteiger partial charge in [-0.1, -0.05) is 40.5 Å². The van der Waals surface area contributed by atoms with E-state index in [0.29, 0.717) is 10.8 Å². The molecule has 0 aromatic rings. The van der Waals surface area contributed by atoms with Crippen LogP contribution in [0, 0.1) is 40.4 Å². The molecule has 0 amide bonds. The van der Waals surface area contributed by atoms with Crippen molar-refractivity contribution in [1.29, 1.82) is 0 Å². The van der Waals surface area contributed by atoms with Crippen LogP contribution in [0.3, 0.4) is 0 Å². The highest BCUT2D eigenvalue weighted by Crippen LogP contribution is 2.67. The molecule has 1 nitrogen and oxygen atoms in total. The van der Waals surface area contributed by atoms with Crippen LogP contribution in [0.15, 0.2) is 0 Å². The van der Waals surface area contributed by atoms with Gasteiger partial charge in [-0.3, -0.25) is 0 Å². The van der Waals surface area contributed by atoms with Gasteiger partial charge < -0.3 is 3.07 Å². The Morgan fingerprint density at radius 3 is 2.36 bits per heavy atom. The van der Waals surface area contributed by atoms with Gasteiger partial charge in [0.1, 0.15) is 23.0 Å². The molecule has 4 fully saturated rings. The van der Waals surface area contributed by atoms with E-state index in [1.165, 1.54) is 57.8 Å². The lowest BCUT2D eigenvalue weighted by atomic mass is 9.45. The Hall–Kier alpha value is 0.690. The number of rotatable bonds is 3. The van der Waals surface area contributed by atoms with Crippen molar-refractivity contribution < 1.29 is 3.07 Å². The van der Waals surface area contributed by atoms with E-state index in [1.54, 1.807) is 12.8 Å². The van der Waals surface area contributed by atoms with Crippen LogP contribution in [-0.4, -0.2) is 6.61 Å². The number of fused-ring (bicyclic) bond motifs is 5. The molecule has 0 aromatic heterocycles. The molecular formula is C23H41IO. The van der Waals surface area contributed by atoms with Crippen LogP contribution in [0.25, 0.3) is 0 Å². The largest absolute Gasteiger partial charge is 0.316 e. The average molecular weight is 460 g/mol. The van der Waals surface area contributed by atoms with Gasteiger partial charge in [-0.05, 0) is 98.2 Å². The van der Waals surface area contributed by atoms with Crippen molar-refractivity contribution >= 4 is 23.0 Å². The number of hydrogen-bond acceptors (Lipinski definition) is 1. The summed E-state index contributed by atoms with van der Waals surface area (Å²) in [4.78, 5) is 0. The molecule has 0 aromatic carbocycles. The zero-order valence-corrected chi connectivity index (χ0v) is 19.3. The van der Waals surface area contributed by atoms with Crippen LogP contribution in [0.4, 0.5) is 0 Å². The highest BCUT2D eigenvalue weighted by Gasteiger charge is 2.59. The van der Waals surface area contributed by atoms with Gasteiger partial charge in [0.25, 0.3) is 0 Å². The SMILES string of the molecule is CC.CC12CCCCC1CCC1C2CCC2(C)C1CC[C@@H]2CCOI. The van der Waals surface area contributed by atoms with Gasteiger partial charge in [-0.25, -0.2) is 0 Å². The molecule has 0 N–H and O–H groups in total. The minimum Gasteiger partial charge on any atom is -0.316 e. The van der Waals surface area contributed by atoms with Crippen LogP contribution in [0.2, 0.25) is 0 Å². The molecule has 6 unspecified atom stereocenters. The first-order chi connectivity index (χ1) is 12.1. The second-order valence-corrected chi connectivity index (χ2v) is 10.4. The molecule has 0 aliphatic heterocycles. The van der Waals surface area contributed by atoms with Gasteiger partial charge in [0.15, 0.2) is 0 Å². The summed E-state index contributed by atoms with van der Waals surface area (Å²) in [6.07, 6.45) is 16.5. The normalized spacial score (nSPS) is 48.6. The lowest BCUT2D eigenvalue weighted by Crippen LogP contribution is -2.52. The molecule has 4 aliphatic rings. The van der Waals surface area contributed by atoms with E-state index < -0.39 is 0 Å². The van der Waals surface area contributed by atoms with E-state index in [9.17, 15) is 0 Å². The fourth-order valence-corrected chi connectivity index (χ4v) is 8.32. The van der Waals surface area contributed by atoms with Gasteiger partial charge in [0, 0.05) is 0 Å². The molecule has 4 aliphatic carbocycles. The molecule has 4 rings (SSSR count). The fraction of sp³-hybridized carbons (Fsp3) is 1.00. The van der Waals surface area contributed by atoms with Crippen LogP contribution < -0.4 is 0 Å². The molecular weight excluding hydrogens is 419 g/mol. The van der Waals surface area contributed by atoms with Gasteiger partial charge >= 0.3 is 0 Å². The summed E-state index contributed by atoms with van der Waals surface area (Å²) < 4.78 is 5.39. The maximum absolute atomic E-state index is 5.39. The lowest BCUT2D eigenvalue weighted by Gasteiger charge is -2.60. The van der Waals surface area contributed by atoms with Crippen molar-refractivity contribution in [1.82, 2.24) is 0 Å². The highest BCUT2D eigenvalue weighted by molar-refractivity contribution is 14.1. The summed E-state index contributed by atoms with van der Waals surface area (Å²) in [7, 11) is 0. The topological polar surface area (TPSA) is 9.23 Å². The van der Waals surface area contributed by atoms with Crippen molar-refractivity contribution in [3.8, 4) is 0 Å². The van der Waals surface area contributed by atoms with Crippen molar-refractivity contribution in [2.24, 2.45) is 40.4 Å². The van der Waals surface area contributed by atoms with Crippen LogP contribution in [0.5, 0.6) is 0 Å². The molecule has 0 saturated heterocycles. The molecule has 7 atom stereocenters. The van der Waals surface area contributed by atoms with Crippen molar-refractivity contribution in [3.63, 3.8) is 0 Å². The quantitative estimate of drug-likeness (QED) is 0.390. The van der Waals surface area contributed by atoms with Gasteiger partial charge in [0.2, 0.25) is 0 Å². The maximum Gasteiger partial charge on any atom is 0.109 e. The smallest absolute Gasteiger partial charge is 0.109 e. The maximum atomic E-state index is 5.39. The Labute approximate surface area is 171 Å². The zero-order valence-electron chi connectivity index (χ0n) is 17.2. The summed E-state index contributed by atoms with van der Waals surface area (Å²) in [5.74, 6) is 5.13. The number of halogens is 1. The first-order valence-corrected chi connectivity index (χ1v) is 12.2. The second kappa shape index (κ2) is 8.37. The van der Waals surface area contributed by atoms with E-state index in [-0.39, 0.29) is 0 Å². The van der Waals surface area contributed by atoms with Crippen LogP contribution >= 0.6 is 23.0 Å². The van der Waals surface area contributed by atoms with Gasteiger partial charge in [-0.15, -0.1) is 0 Å². The third kappa shape index (κ3) is 3.45. The Balaban J connectivity index is 0.000000880. The molecule has 0 heterocycles. The van der Waals surface area contributed by atoms with Crippen molar-refractivity contribution in [2.75, 3.05) is 6.61 Å².